The lowest BCUT2D eigenvalue weighted by Crippen LogP contribution is -3.00. The van der Waals surface area contributed by atoms with Crippen molar-refractivity contribution in [3.05, 3.63) is 0 Å². The van der Waals surface area contributed by atoms with Crippen molar-refractivity contribution in [1.29, 1.82) is 0 Å². The van der Waals surface area contributed by atoms with Crippen LogP contribution in [0.3, 0.4) is 0 Å². The third-order valence-corrected chi connectivity index (χ3v) is 3.94. The number of nitrogens with zero attached hydrogens (tertiary/aromatic N) is 1. The van der Waals surface area contributed by atoms with Crippen molar-refractivity contribution in [2.45, 2.75) is 79.1 Å². The van der Waals surface area contributed by atoms with Gasteiger partial charge in [-0.2, -0.15) is 0 Å². The molecule has 0 rings (SSSR count). The van der Waals surface area contributed by atoms with Crippen LogP contribution >= 0.6 is 7.82 Å². The van der Waals surface area contributed by atoms with E-state index in [4.69, 9.17) is 19.2 Å². The van der Waals surface area contributed by atoms with Gasteiger partial charge >= 0.3 is 7.82 Å². The van der Waals surface area contributed by atoms with Crippen LogP contribution in [0.4, 0.5) is 23.5 Å². The number of hydrogen-bond acceptors (Lipinski definition) is 1. The molecule has 0 amide bonds. The van der Waals surface area contributed by atoms with Gasteiger partial charge in [0.05, 0.1) is 26.2 Å². The number of quaternary nitrogens is 1. The van der Waals surface area contributed by atoms with E-state index in [2.05, 4.69) is 27.7 Å². The second-order valence-corrected chi connectivity index (χ2v) is 7.19. The maximum Gasteiger partial charge on any atom is 0.466 e. The number of rotatable bonds is 12. The van der Waals surface area contributed by atoms with E-state index in [1.54, 1.807) is 0 Å². The quantitative estimate of drug-likeness (QED) is 0.237. The number of unbranched alkanes of at least 4 members (excludes halogenated alkanes) is 4. The SMILES string of the molecule is CCCC[N+](CCCC)(CCCC)CCCC.F.F.F.F.F.O=P(O)(O)O.[F-]. The molecule has 0 bridgehead atoms. The van der Waals surface area contributed by atoms with Gasteiger partial charge in [-0.3, -0.25) is 23.5 Å². The molecule has 28 heavy (non-hydrogen) atoms. The Morgan fingerprint density at radius 1 is 0.571 bits per heavy atom. The fourth-order valence-corrected chi connectivity index (χ4v) is 2.64. The van der Waals surface area contributed by atoms with Gasteiger partial charge in [-0.15, -0.1) is 0 Å². The Morgan fingerprint density at radius 3 is 0.821 bits per heavy atom. The fraction of sp³-hybridized carbons (Fsp3) is 1.00. The molecule has 3 N–H and O–H groups in total. The first-order valence-corrected chi connectivity index (χ1v) is 10.4. The van der Waals surface area contributed by atoms with Crippen molar-refractivity contribution in [3.8, 4) is 0 Å². The standard InChI is InChI=1S/C16H36N.6FH.H3O4P/c1-5-9-13-17(14-10-6-2,15-11-7-3)16-12-8-4;;;;;;;1-5(2,3)4/h5-16H2,1-4H3;6*1H;(H3,1,2,3,4)/q+1;;;;;;;/p-1. The molecule has 184 valence electrons. The molecule has 0 aliphatic rings. The summed E-state index contributed by atoms with van der Waals surface area (Å²) < 4.78 is 10.3. The molecule has 0 unspecified atom stereocenters. The average Bonchev–Trinajstić information content (AvgIpc) is 2.44. The first-order chi connectivity index (χ1) is 10.2. The van der Waals surface area contributed by atoms with Crippen molar-refractivity contribution >= 4 is 7.82 Å². The van der Waals surface area contributed by atoms with E-state index in [-0.39, 0.29) is 28.2 Å². The molecule has 0 aromatic rings. The molecule has 0 spiro atoms. The van der Waals surface area contributed by atoms with E-state index < -0.39 is 7.82 Å². The third-order valence-electron chi connectivity index (χ3n) is 3.94. The predicted octanol–water partition coefficient (Wildman–Crippen LogP) is 1.84. The molecule has 0 heterocycles. The Balaban J connectivity index is -0.0000000543. The molecule has 12 heteroatoms. The van der Waals surface area contributed by atoms with Crippen LogP contribution < -0.4 is 4.70 Å². The highest BCUT2D eigenvalue weighted by Crippen LogP contribution is 2.25. The Morgan fingerprint density at radius 2 is 0.714 bits per heavy atom. The Kier molecular flexibility index (Phi) is 56.9. The Labute approximate surface area is 165 Å². The van der Waals surface area contributed by atoms with Gasteiger partial charge < -0.3 is 23.9 Å². The lowest BCUT2D eigenvalue weighted by atomic mass is 10.1. The minimum Gasteiger partial charge on any atom is -1.00 e. The highest BCUT2D eigenvalue weighted by molar-refractivity contribution is 7.45. The smallest absolute Gasteiger partial charge is 0.466 e. The van der Waals surface area contributed by atoms with Crippen LogP contribution in [-0.2, 0) is 4.57 Å². The summed E-state index contributed by atoms with van der Waals surface area (Å²) in [5.74, 6) is 0. The van der Waals surface area contributed by atoms with Crippen LogP contribution in [0.2, 0.25) is 0 Å². The van der Waals surface area contributed by atoms with Gasteiger partial charge in [-0.05, 0) is 25.7 Å². The van der Waals surface area contributed by atoms with Gasteiger partial charge in [0.15, 0.2) is 0 Å². The van der Waals surface area contributed by atoms with Crippen LogP contribution in [0, 0.1) is 0 Å². The maximum absolute atomic E-state index is 8.88. The molecule has 0 radical (unpaired) electrons. The second kappa shape index (κ2) is 31.3. The summed E-state index contributed by atoms with van der Waals surface area (Å²) in [5, 5.41) is 0. The van der Waals surface area contributed by atoms with Crippen LogP contribution in [0.25, 0.3) is 0 Å². The van der Waals surface area contributed by atoms with Gasteiger partial charge in [-0.25, -0.2) is 4.57 Å². The maximum atomic E-state index is 8.88. The van der Waals surface area contributed by atoms with Crippen molar-refractivity contribution in [3.63, 3.8) is 0 Å². The summed E-state index contributed by atoms with van der Waals surface area (Å²) in [6.07, 6.45) is 11.1. The first-order valence-electron chi connectivity index (χ1n) is 8.88. The fourth-order valence-electron chi connectivity index (χ4n) is 2.64. The molecule has 0 aromatic carbocycles. The zero-order chi connectivity index (χ0) is 17.5. The molecule has 0 aromatic heterocycles. The summed E-state index contributed by atoms with van der Waals surface area (Å²) in [6.45, 7) is 15.0. The van der Waals surface area contributed by atoms with Crippen LogP contribution in [0.15, 0.2) is 0 Å². The zero-order valence-electron chi connectivity index (χ0n) is 17.5. The van der Waals surface area contributed by atoms with Gasteiger partial charge in [0, 0.05) is 0 Å². The number of halogens is 6. The molecule has 0 atom stereocenters. The number of phosphoric acid groups is 1. The van der Waals surface area contributed by atoms with Crippen molar-refractivity contribution in [2.24, 2.45) is 0 Å². The Hall–Kier alpha value is -0.350. The van der Waals surface area contributed by atoms with Crippen LogP contribution in [0.5, 0.6) is 0 Å². The first kappa shape index (κ1) is 50.9. The van der Waals surface area contributed by atoms with Gasteiger partial charge in [0.1, 0.15) is 0 Å². The van der Waals surface area contributed by atoms with Crippen LogP contribution in [0.1, 0.15) is 79.1 Å². The monoisotopic (exact) mass is 459 g/mol. The summed E-state index contributed by atoms with van der Waals surface area (Å²) in [4.78, 5) is 21.6. The molecular weight excluding hydrogens is 415 g/mol. The average molecular weight is 459 g/mol. The van der Waals surface area contributed by atoms with Crippen LogP contribution in [-0.4, -0.2) is 45.3 Å². The molecule has 0 saturated carbocycles. The van der Waals surface area contributed by atoms with Gasteiger partial charge in [0.25, 0.3) is 0 Å². The minimum absolute atomic E-state index is 0. The molecule has 5 nitrogen and oxygen atoms in total. The largest absolute Gasteiger partial charge is 1.00 e. The van der Waals surface area contributed by atoms with Crippen molar-refractivity contribution in [1.82, 2.24) is 0 Å². The van der Waals surface area contributed by atoms with Crippen molar-refractivity contribution < 1.29 is 52.0 Å². The molecule has 0 fully saturated rings. The minimum atomic E-state index is -4.64. The topological polar surface area (TPSA) is 77.8 Å². The van der Waals surface area contributed by atoms with Gasteiger partial charge in [-0.1, -0.05) is 53.4 Å². The van der Waals surface area contributed by atoms with E-state index >= 15 is 0 Å². The van der Waals surface area contributed by atoms with E-state index in [0.717, 1.165) is 0 Å². The van der Waals surface area contributed by atoms with E-state index in [9.17, 15) is 0 Å². The highest BCUT2D eigenvalue weighted by Gasteiger charge is 2.24. The third kappa shape index (κ3) is 40.4. The Bertz CT molecular complexity index is 257. The molecule has 0 saturated heterocycles. The van der Waals surface area contributed by atoms with E-state index in [1.807, 2.05) is 0 Å². The lowest BCUT2D eigenvalue weighted by molar-refractivity contribution is -0.929. The normalized spacial score (nSPS) is 9.39. The molecular formula is C16H44F6NO4P. The summed E-state index contributed by atoms with van der Waals surface area (Å²) in [6, 6.07) is 0. The summed E-state index contributed by atoms with van der Waals surface area (Å²) in [7, 11) is -4.64. The summed E-state index contributed by atoms with van der Waals surface area (Å²) >= 11 is 0. The zero-order valence-corrected chi connectivity index (χ0v) is 18.4. The van der Waals surface area contributed by atoms with E-state index in [0.29, 0.717) is 0 Å². The predicted molar refractivity (Wildman–Crippen MR) is 106 cm³/mol. The van der Waals surface area contributed by atoms with Crippen molar-refractivity contribution in [2.75, 3.05) is 26.2 Å². The number of hydrogen-bond donors (Lipinski definition) is 3. The van der Waals surface area contributed by atoms with Gasteiger partial charge in [0.2, 0.25) is 0 Å². The molecule has 0 aliphatic carbocycles. The summed E-state index contributed by atoms with van der Waals surface area (Å²) in [5.41, 5.74) is 0. The lowest BCUT2D eigenvalue weighted by Gasteiger charge is -2.39. The second-order valence-electron chi connectivity index (χ2n) is 6.16. The molecule has 0 aliphatic heterocycles. The highest BCUT2D eigenvalue weighted by atomic mass is 31.2. The van der Waals surface area contributed by atoms with E-state index in [1.165, 1.54) is 82.0 Å².